The second kappa shape index (κ2) is 6.57. The Kier molecular flexibility index (Phi) is 4.79. The Bertz CT molecular complexity index is 532. The first kappa shape index (κ1) is 15.3. The number of rotatable bonds is 5. The number of nitrogens with two attached hydrogens (primary N) is 1. The minimum absolute atomic E-state index is 0.00718. The number of carboxylic acid groups (broad SMARTS) is 1. The van der Waals surface area contributed by atoms with E-state index in [0.717, 1.165) is 4.88 Å². The van der Waals surface area contributed by atoms with E-state index in [0.29, 0.717) is 19.4 Å². The van der Waals surface area contributed by atoms with Gasteiger partial charge in [-0.25, -0.2) is 9.59 Å². The standard InChI is InChI=1S/C13H17N3O4S/c14-13(20)15-8(10-4-2-6-21-10)7-11(17)16-5-1-3-9(16)12(18)19/h2,4,6,8-9H,1,3,5,7H2,(H,18,19)(H3,14,15,20)/t8-,9-/m1/s1. The fourth-order valence-corrected chi connectivity index (χ4v) is 3.28. The number of carbonyl (C=O) groups excluding carboxylic acids is 2. The predicted molar refractivity (Wildman–Crippen MR) is 76.8 cm³/mol. The first-order valence-electron chi connectivity index (χ1n) is 6.60. The van der Waals surface area contributed by atoms with Gasteiger partial charge in [0, 0.05) is 11.4 Å². The van der Waals surface area contributed by atoms with E-state index >= 15 is 0 Å². The Morgan fingerprint density at radius 3 is 2.86 bits per heavy atom. The monoisotopic (exact) mass is 311 g/mol. The second-order valence-corrected chi connectivity index (χ2v) is 5.84. The Morgan fingerprint density at radius 1 is 1.52 bits per heavy atom. The van der Waals surface area contributed by atoms with E-state index in [2.05, 4.69) is 5.32 Å². The Labute approximate surface area is 125 Å². The number of amides is 3. The number of hydrogen-bond acceptors (Lipinski definition) is 4. The van der Waals surface area contributed by atoms with Gasteiger partial charge in [-0.05, 0) is 24.3 Å². The summed E-state index contributed by atoms with van der Waals surface area (Å²) >= 11 is 1.41. The summed E-state index contributed by atoms with van der Waals surface area (Å²) in [5.74, 6) is -1.27. The van der Waals surface area contributed by atoms with Gasteiger partial charge < -0.3 is 21.1 Å². The van der Waals surface area contributed by atoms with Crippen LogP contribution in [0.1, 0.15) is 30.2 Å². The van der Waals surface area contributed by atoms with Gasteiger partial charge >= 0.3 is 12.0 Å². The van der Waals surface area contributed by atoms with E-state index < -0.39 is 24.1 Å². The number of carboxylic acids is 1. The van der Waals surface area contributed by atoms with Crippen LogP contribution in [-0.4, -0.2) is 40.5 Å². The van der Waals surface area contributed by atoms with Crippen LogP contribution in [0.15, 0.2) is 17.5 Å². The molecule has 1 aromatic heterocycles. The molecule has 1 aliphatic heterocycles. The molecule has 0 unspecified atom stereocenters. The number of urea groups is 1. The van der Waals surface area contributed by atoms with E-state index in [9.17, 15) is 14.4 Å². The van der Waals surface area contributed by atoms with Crippen molar-refractivity contribution in [2.45, 2.75) is 31.3 Å². The molecule has 2 atom stereocenters. The molecule has 8 heteroatoms. The van der Waals surface area contributed by atoms with Crippen LogP contribution >= 0.6 is 11.3 Å². The van der Waals surface area contributed by atoms with Gasteiger partial charge in [0.25, 0.3) is 0 Å². The first-order valence-corrected chi connectivity index (χ1v) is 7.48. The van der Waals surface area contributed by atoms with E-state index in [1.807, 2.05) is 11.4 Å². The summed E-state index contributed by atoms with van der Waals surface area (Å²) in [4.78, 5) is 36.7. The summed E-state index contributed by atoms with van der Waals surface area (Å²) in [7, 11) is 0. The number of thiophene rings is 1. The molecule has 2 heterocycles. The SMILES string of the molecule is NC(=O)N[C@H](CC(=O)N1CCC[C@@H]1C(=O)O)c1cccs1. The highest BCUT2D eigenvalue weighted by Crippen LogP contribution is 2.25. The zero-order valence-electron chi connectivity index (χ0n) is 11.3. The molecular formula is C13H17N3O4S. The van der Waals surface area contributed by atoms with E-state index in [-0.39, 0.29) is 12.3 Å². The topological polar surface area (TPSA) is 113 Å². The molecule has 4 N–H and O–H groups in total. The summed E-state index contributed by atoms with van der Waals surface area (Å²) < 4.78 is 0. The molecule has 0 radical (unpaired) electrons. The molecule has 21 heavy (non-hydrogen) atoms. The molecule has 114 valence electrons. The normalized spacial score (nSPS) is 19.2. The highest BCUT2D eigenvalue weighted by molar-refractivity contribution is 7.10. The lowest BCUT2D eigenvalue weighted by molar-refractivity contribution is -0.148. The van der Waals surface area contributed by atoms with Crippen molar-refractivity contribution in [3.63, 3.8) is 0 Å². The lowest BCUT2D eigenvalue weighted by Crippen LogP contribution is -2.43. The van der Waals surface area contributed by atoms with Crippen molar-refractivity contribution in [1.82, 2.24) is 10.2 Å². The molecule has 1 aromatic rings. The molecule has 7 nitrogen and oxygen atoms in total. The molecular weight excluding hydrogens is 294 g/mol. The number of primary amides is 1. The van der Waals surface area contributed by atoms with Gasteiger partial charge in [-0.3, -0.25) is 4.79 Å². The van der Waals surface area contributed by atoms with Gasteiger partial charge in [-0.2, -0.15) is 0 Å². The van der Waals surface area contributed by atoms with Crippen LogP contribution in [-0.2, 0) is 9.59 Å². The highest BCUT2D eigenvalue weighted by atomic mass is 32.1. The molecule has 0 aromatic carbocycles. The summed E-state index contributed by atoms with van der Waals surface area (Å²) in [6, 6.07) is 1.62. The van der Waals surface area contributed by atoms with Gasteiger partial charge in [0.15, 0.2) is 0 Å². The summed E-state index contributed by atoms with van der Waals surface area (Å²) in [5.41, 5.74) is 5.14. The van der Waals surface area contributed by atoms with Gasteiger partial charge in [0.05, 0.1) is 12.5 Å². The third kappa shape index (κ3) is 3.72. The minimum atomic E-state index is -0.989. The predicted octanol–water partition coefficient (Wildman–Crippen LogP) is 0.923. The molecule has 1 saturated heterocycles. The maximum absolute atomic E-state index is 12.3. The summed E-state index contributed by atoms with van der Waals surface area (Å²) in [5, 5.41) is 13.5. The van der Waals surface area contributed by atoms with Crippen molar-refractivity contribution in [3.8, 4) is 0 Å². The number of hydrogen-bond donors (Lipinski definition) is 3. The third-order valence-corrected chi connectivity index (χ3v) is 4.43. The van der Waals surface area contributed by atoms with E-state index in [1.54, 1.807) is 6.07 Å². The van der Waals surface area contributed by atoms with Crippen LogP contribution in [0.5, 0.6) is 0 Å². The van der Waals surface area contributed by atoms with Gasteiger partial charge in [-0.1, -0.05) is 6.07 Å². The van der Waals surface area contributed by atoms with E-state index in [4.69, 9.17) is 10.8 Å². The molecule has 0 aliphatic carbocycles. The largest absolute Gasteiger partial charge is 0.480 e. The zero-order chi connectivity index (χ0) is 15.4. The van der Waals surface area contributed by atoms with Crippen LogP contribution in [0.3, 0.4) is 0 Å². The molecule has 0 saturated carbocycles. The smallest absolute Gasteiger partial charge is 0.326 e. The number of nitrogens with one attached hydrogen (secondary N) is 1. The number of nitrogens with zero attached hydrogens (tertiary/aromatic N) is 1. The Hall–Kier alpha value is -2.09. The van der Waals surface area contributed by atoms with E-state index in [1.165, 1.54) is 16.2 Å². The Morgan fingerprint density at radius 2 is 2.29 bits per heavy atom. The average molecular weight is 311 g/mol. The molecule has 0 spiro atoms. The fraction of sp³-hybridized carbons (Fsp3) is 0.462. The minimum Gasteiger partial charge on any atom is -0.480 e. The van der Waals surface area contributed by atoms with Crippen molar-refractivity contribution in [1.29, 1.82) is 0 Å². The van der Waals surface area contributed by atoms with Crippen molar-refractivity contribution in [2.24, 2.45) is 5.73 Å². The number of aliphatic carboxylic acids is 1. The van der Waals surface area contributed by atoms with Crippen molar-refractivity contribution in [2.75, 3.05) is 6.54 Å². The average Bonchev–Trinajstić information content (AvgIpc) is 3.08. The van der Waals surface area contributed by atoms with Gasteiger partial charge in [-0.15, -0.1) is 11.3 Å². The summed E-state index contributed by atoms with van der Waals surface area (Å²) in [6.45, 7) is 0.434. The molecule has 1 aliphatic rings. The second-order valence-electron chi connectivity index (χ2n) is 4.86. The number of likely N-dealkylation sites (tertiary alicyclic amines) is 1. The van der Waals surface area contributed by atoms with Crippen LogP contribution in [0.25, 0.3) is 0 Å². The zero-order valence-corrected chi connectivity index (χ0v) is 12.1. The molecule has 0 bridgehead atoms. The quantitative estimate of drug-likeness (QED) is 0.750. The lowest BCUT2D eigenvalue weighted by atomic mass is 10.1. The molecule has 3 amide bonds. The molecule has 1 fully saturated rings. The first-order chi connectivity index (χ1) is 9.99. The van der Waals surface area contributed by atoms with Gasteiger partial charge in [0.1, 0.15) is 6.04 Å². The van der Waals surface area contributed by atoms with Crippen LogP contribution < -0.4 is 11.1 Å². The van der Waals surface area contributed by atoms with Crippen LogP contribution in [0, 0.1) is 0 Å². The van der Waals surface area contributed by atoms with Crippen LogP contribution in [0.2, 0.25) is 0 Å². The lowest BCUT2D eigenvalue weighted by Gasteiger charge is -2.24. The van der Waals surface area contributed by atoms with Gasteiger partial charge in [0.2, 0.25) is 5.91 Å². The maximum atomic E-state index is 12.3. The fourth-order valence-electron chi connectivity index (χ4n) is 2.50. The Balaban J connectivity index is 2.07. The van der Waals surface area contributed by atoms with Crippen molar-refractivity contribution < 1.29 is 19.5 Å². The number of carbonyl (C=O) groups is 3. The summed E-state index contributed by atoms with van der Waals surface area (Å²) in [6.07, 6.45) is 1.15. The highest BCUT2D eigenvalue weighted by Gasteiger charge is 2.35. The third-order valence-electron chi connectivity index (χ3n) is 3.44. The van der Waals surface area contributed by atoms with Crippen molar-refractivity contribution in [3.05, 3.63) is 22.4 Å². The van der Waals surface area contributed by atoms with Crippen LogP contribution in [0.4, 0.5) is 4.79 Å². The molecule has 2 rings (SSSR count). The van der Waals surface area contributed by atoms with Crippen molar-refractivity contribution >= 4 is 29.2 Å². The maximum Gasteiger partial charge on any atom is 0.326 e.